The third-order valence-corrected chi connectivity index (χ3v) is 5.91. The van der Waals surface area contributed by atoms with E-state index in [9.17, 15) is 14.4 Å². The van der Waals surface area contributed by atoms with E-state index >= 15 is 0 Å². The number of nitrogens with zero attached hydrogens (tertiary/aromatic N) is 3. The van der Waals surface area contributed by atoms with Gasteiger partial charge < -0.3 is 25.2 Å². The number of amides is 3. The molecule has 0 bridgehead atoms. The molecule has 3 amide bonds. The predicted octanol–water partition coefficient (Wildman–Crippen LogP) is 2.85. The van der Waals surface area contributed by atoms with E-state index in [0.717, 1.165) is 0 Å². The summed E-state index contributed by atoms with van der Waals surface area (Å²) in [5.74, 6) is -0.156. The summed E-state index contributed by atoms with van der Waals surface area (Å²) in [7, 11) is 0. The lowest BCUT2D eigenvalue weighted by atomic mass is 9.95. The maximum Gasteiger partial charge on any atom is 0.410 e. The number of carbonyl (C=O) groups excluding carboxylic acids is 3. The van der Waals surface area contributed by atoms with Crippen LogP contribution in [-0.4, -0.2) is 77.5 Å². The molecule has 0 radical (unpaired) electrons. The van der Waals surface area contributed by atoms with Crippen molar-refractivity contribution in [1.82, 2.24) is 14.7 Å². The molecule has 8 nitrogen and oxygen atoms in total. The Balaban J connectivity index is 1.48. The number of halogens is 1. The first-order valence-electron chi connectivity index (χ1n) is 10.7. The Hall–Kier alpha value is -2.48. The van der Waals surface area contributed by atoms with Crippen LogP contribution in [0, 0.1) is 5.92 Å². The number of hydrogen-bond acceptors (Lipinski definition) is 5. The third-order valence-electron chi connectivity index (χ3n) is 5.60. The van der Waals surface area contributed by atoms with Gasteiger partial charge in [0.15, 0.2) is 0 Å². The Morgan fingerprint density at radius 3 is 2.10 bits per heavy atom. The second-order valence-electron chi connectivity index (χ2n) is 9.10. The number of piperazine rings is 1. The Morgan fingerprint density at radius 2 is 1.55 bits per heavy atom. The van der Waals surface area contributed by atoms with Crippen molar-refractivity contribution in [3.05, 3.63) is 28.8 Å². The first kappa shape index (κ1) is 23.2. The van der Waals surface area contributed by atoms with Crippen LogP contribution in [0.3, 0.4) is 0 Å². The van der Waals surface area contributed by atoms with E-state index in [4.69, 9.17) is 22.1 Å². The topological polar surface area (TPSA) is 96.2 Å². The van der Waals surface area contributed by atoms with E-state index in [1.54, 1.807) is 28.0 Å². The summed E-state index contributed by atoms with van der Waals surface area (Å²) in [6, 6.07) is 4.86. The SMILES string of the molecule is CC(C)(C)OC(=O)N1CCC(C(=O)N2CCN(C(=O)c3ccc(N)cc3Cl)CC2)CC1. The number of nitrogens with two attached hydrogens (primary N) is 1. The maximum absolute atomic E-state index is 12.9. The van der Waals surface area contributed by atoms with E-state index in [0.29, 0.717) is 68.4 Å². The maximum atomic E-state index is 12.9. The van der Waals surface area contributed by atoms with Gasteiger partial charge in [-0.2, -0.15) is 0 Å². The number of likely N-dealkylation sites (tertiary alicyclic amines) is 1. The molecule has 2 heterocycles. The van der Waals surface area contributed by atoms with Crippen LogP contribution in [0.4, 0.5) is 10.5 Å². The molecule has 31 heavy (non-hydrogen) atoms. The average molecular weight is 451 g/mol. The van der Waals surface area contributed by atoms with Crippen LogP contribution in [0.15, 0.2) is 18.2 Å². The molecule has 2 N–H and O–H groups in total. The van der Waals surface area contributed by atoms with Gasteiger partial charge in [0.05, 0.1) is 10.6 Å². The molecule has 2 aliphatic heterocycles. The van der Waals surface area contributed by atoms with Crippen molar-refractivity contribution >= 4 is 35.2 Å². The summed E-state index contributed by atoms with van der Waals surface area (Å²) in [6.45, 7) is 8.45. The van der Waals surface area contributed by atoms with Gasteiger partial charge in [0.2, 0.25) is 5.91 Å². The number of rotatable bonds is 2. The first-order valence-corrected chi connectivity index (χ1v) is 11.0. The fourth-order valence-electron chi connectivity index (χ4n) is 3.90. The van der Waals surface area contributed by atoms with Gasteiger partial charge in [0, 0.05) is 50.9 Å². The predicted molar refractivity (Wildman–Crippen MR) is 119 cm³/mol. The van der Waals surface area contributed by atoms with Gasteiger partial charge in [-0.15, -0.1) is 0 Å². The zero-order valence-electron chi connectivity index (χ0n) is 18.4. The molecular formula is C22H31ClN4O4. The van der Waals surface area contributed by atoms with Gasteiger partial charge in [0.25, 0.3) is 5.91 Å². The smallest absolute Gasteiger partial charge is 0.410 e. The van der Waals surface area contributed by atoms with Gasteiger partial charge in [0.1, 0.15) is 5.60 Å². The van der Waals surface area contributed by atoms with Crippen LogP contribution in [-0.2, 0) is 9.53 Å². The molecule has 0 spiro atoms. The number of benzene rings is 1. The van der Waals surface area contributed by atoms with Crippen LogP contribution in [0.2, 0.25) is 5.02 Å². The second-order valence-corrected chi connectivity index (χ2v) is 9.51. The van der Waals surface area contributed by atoms with Gasteiger partial charge in [-0.3, -0.25) is 9.59 Å². The Labute approximate surface area is 188 Å². The highest BCUT2D eigenvalue weighted by Crippen LogP contribution is 2.24. The summed E-state index contributed by atoms with van der Waals surface area (Å²) in [5, 5.41) is 0.334. The minimum Gasteiger partial charge on any atom is -0.444 e. The van der Waals surface area contributed by atoms with Gasteiger partial charge in [-0.25, -0.2) is 4.79 Å². The minimum atomic E-state index is -0.530. The number of hydrogen-bond donors (Lipinski definition) is 1. The van der Waals surface area contributed by atoms with Crippen LogP contribution in [0.25, 0.3) is 0 Å². The normalized spacial score (nSPS) is 18.1. The van der Waals surface area contributed by atoms with Crippen molar-refractivity contribution in [2.45, 2.75) is 39.2 Å². The van der Waals surface area contributed by atoms with Crippen molar-refractivity contribution in [3.8, 4) is 0 Å². The lowest BCUT2D eigenvalue weighted by Crippen LogP contribution is -2.53. The second kappa shape index (κ2) is 9.34. The molecule has 0 atom stereocenters. The molecule has 1 aromatic carbocycles. The van der Waals surface area contributed by atoms with E-state index in [2.05, 4.69) is 0 Å². The quantitative estimate of drug-likeness (QED) is 0.699. The lowest BCUT2D eigenvalue weighted by Gasteiger charge is -2.38. The molecule has 1 aromatic rings. The largest absolute Gasteiger partial charge is 0.444 e. The van der Waals surface area contributed by atoms with Gasteiger partial charge in [-0.1, -0.05) is 11.6 Å². The molecule has 2 aliphatic rings. The van der Waals surface area contributed by atoms with Crippen molar-refractivity contribution < 1.29 is 19.1 Å². The van der Waals surface area contributed by atoms with E-state index in [1.165, 1.54) is 0 Å². The number of carbonyl (C=O) groups is 3. The molecule has 2 saturated heterocycles. The van der Waals surface area contributed by atoms with E-state index in [1.807, 2.05) is 25.7 Å². The van der Waals surface area contributed by atoms with Crippen molar-refractivity contribution in [2.75, 3.05) is 45.0 Å². The van der Waals surface area contributed by atoms with Crippen molar-refractivity contribution in [3.63, 3.8) is 0 Å². The highest BCUT2D eigenvalue weighted by atomic mass is 35.5. The molecule has 3 rings (SSSR count). The number of anilines is 1. The average Bonchev–Trinajstić information content (AvgIpc) is 2.72. The van der Waals surface area contributed by atoms with Gasteiger partial charge in [-0.05, 0) is 51.8 Å². The highest BCUT2D eigenvalue weighted by Gasteiger charge is 2.34. The van der Waals surface area contributed by atoms with Gasteiger partial charge >= 0.3 is 6.09 Å². The van der Waals surface area contributed by atoms with E-state index < -0.39 is 5.60 Å². The number of piperidine rings is 1. The fraction of sp³-hybridized carbons (Fsp3) is 0.591. The number of ether oxygens (including phenoxy) is 1. The zero-order chi connectivity index (χ0) is 22.8. The van der Waals surface area contributed by atoms with Crippen LogP contribution in [0.1, 0.15) is 44.0 Å². The first-order chi connectivity index (χ1) is 14.5. The highest BCUT2D eigenvalue weighted by molar-refractivity contribution is 6.34. The molecular weight excluding hydrogens is 420 g/mol. The monoisotopic (exact) mass is 450 g/mol. The molecule has 9 heteroatoms. The Kier molecular flexibility index (Phi) is 6.99. The summed E-state index contributed by atoms with van der Waals surface area (Å²) < 4.78 is 5.41. The molecule has 170 valence electrons. The summed E-state index contributed by atoms with van der Waals surface area (Å²) in [4.78, 5) is 43.1. The third kappa shape index (κ3) is 5.81. The van der Waals surface area contributed by atoms with Crippen molar-refractivity contribution in [2.24, 2.45) is 5.92 Å². The summed E-state index contributed by atoms with van der Waals surface area (Å²) >= 11 is 6.16. The molecule has 0 saturated carbocycles. The molecule has 0 unspecified atom stereocenters. The lowest BCUT2D eigenvalue weighted by molar-refractivity contribution is -0.138. The summed E-state index contributed by atoms with van der Waals surface area (Å²) in [5.41, 5.74) is 6.10. The zero-order valence-corrected chi connectivity index (χ0v) is 19.2. The van der Waals surface area contributed by atoms with Crippen LogP contribution in [0.5, 0.6) is 0 Å². The number of nitrogen functional groups attached to an aromatic ring is 1. The molecule has 2 fully saturated rings. The molecule has 0 aromatic heterocycles. The Morgan fingerprint density at radius 1 is 0.968 bits per heavy atom. The summed E-state index contributed by atoms with van der Waals surface area (Å²) in [6.07, 6.45) is 0.920. The Bertz CT molecular complexity index is 838. The van der Waals surface area contributed by atoms with Crippen molar-refractivity contribution in [1.29, 1.82) is 0 Å². The standard InChI is InChI=1S/C22H31ClN4O4/c1-22(2,3)31-21(30)27-8-6-15(7-9-27)19(28)25-10-12-26(13-11-25)20(29)17-5-4-16(24)14-18(17)23/h4-5,14-15H,6-13,24H2,1-3H3. The van der Waals surface area contributed by atoms with E-state index in [-0.39, 0.29) is 23.8 Å². The fourth-order valence-corrected chi connectivity index (χ4v) is 4.17. The van der Waals surface area contributed by atoms with Crippen LogP contribution < -0.4 is 5.73 Å². The minimum absolute atomic E-state index is 0.0986. The molecule has 0 aliphatic carbocycles. The van der Waals surface area contributed by atoms with Crippen LogP contribution >= 0.6 is 11.6 Å².